The van der Waals surface area contributed by atoms with Crippen molar-refractivity contribution in [2.45, 2.75) is 27.7 Å². The molecule has 0 aliphatic heterocycles. The molecule has 1 aliphatic rings. The summed E-state index contributed by atoms with van der Waals surface area (Å²) in [4.78, 5) is 26.5. The van der Waals surface area contributed by atoms with E-state index in [0.29, 0.717) is 24.2 Å². The topological polar surface area (TPSA) is 81.1 Å². The maximum Gasteiger partial charge on any atom is 0.196 e. The van der Waals surface area contributed by atoms with Crippen LogP contribution in [0, 0.1) is 11.8 Å². The molecule has 0 aromatic heterocycles. The highest BCUT2D eigenvalue weighted by molar-refractivity contribution is 6.31. The molecule has 3 rings (SSSR count). The molecular formula is C22H26N2O4. The molecule has 6 heteroatoms. The van der Waals surface area contributed by atoms with Crippen LogP contribution in [0.15, 0.2) is 36.4 Å². The first kappa shape index (κ1) is 20.0. The van der Waals surface area contributed by atoms with E-state index >= 15 is 0 Å². The first-order valence-electron chi connectivity index (χ1n) is 9.50. The lowest BCUT2D eigenvalue weighted by atomic mass is 9.82. The summed E-state index contributed by atoms with van der Waals surface area (Å²) in [5, 5.41) is 23.2. The van der Waals surface area contributed by atoms with E-state index in [9.17, 15) is 20.0 Å². The largest absolute Gasteiger partial charge is 0.288 e. The average Bonchev–Trinajstić information content (AvgIpc) is 2.63. The first-order valence-corrected chi connectivity index (χ1v) is 9.50. The Bertz CT molecular complexity index is 847. The highest BCUT2D eigenvalue weighted by atomic mass is 16.5. The minimum atomic E-state index is -0.331. The van der Waals surface area contributed by atoms with Gasteiger partial charge in [-0.15, -0.1) is 0 Å². The molecule has 0 spiro atoms. The van der Waals surface area contributed by atoms with Crippen molar-refractivity contribution in [3.63, 3.8) is 0 Å². The third kappa shape index (κ3) is 3.53. The summed E-state index contributed by atoms with van der Waals surface area (Å²) in [7, 11) is 0. The zero-order valence-corrected chi connectivity index (χ0v) is 16.6. The molecule has 2 N–H and O–H groups in total. The molecule has 2 aromatic carbocycles. The Labute approximate surface area is 164 Å². The van der Waals surface area contributed by atoms with Crippen LogP contribution in [0.4, 0.5) is 11.4 Å². The van der Waals surface area contributed by atoms with Crippen LogP contribution in [0.2, 0.25) is 0 Å². The van der Waals surface area contributed by atoms with Crippen LogP contribution in [0.3, 0.4) is 0 Å². The lowest BCUT2D eigenvalue weighted by Crippen LogP contribution is -2.32. The normalized spacial score (nSPS) is 13.0. The second-order valence-corrected chi connectivity index (χ2v) is 8.01. The van der Waals surface area contributed by atoms with Crippen molar-refractivity contribution in [2.24, 2.45) is 11.8 Å². The first-order chi connectivity index (χ1) is 13.2. The average molecular weight is 382 g/mol. The van der Waals surface area contributed by atoms with Crippen LogP contribution in [0.25, 0.3) is 0 Å². The van der Waals surface area contributed by atoms with Crippen molar-refractivity contribution in [1.29, 1.82) is 0 Å². The van der Waals surface area contributed by atoms with Gasteiger partial charge in [0.05, 0.1) is 22.5 Å². The van der Waals surface area contributed by atoms with Crippen molar-refractivity contribution in [3.05, 3.63) is 58.7 Å². The Hall–Kier alpha value is -2.70. The van der Waals surface area contributed by atoms with E-state index < -0.39 is 0 Å². The summed E-state index contributed by atoms with van der Waals surface area (Å²) in [6, 6.07) is 9.81. The number of ketones is 2. The molecule has 1 aliphatic carbocycles. The fraction of sp³-hybridized carbons (Fsp3) is 0.364. The van der Waals surface area contributed by atoms with E-state index in [2.05, 4.69) is 0 Å². The standard InChI is InChI=1S/C22H26N2O4/c1-13(2)11-23(27)17-9-10-18(24(28)12-14(3)4)20-19(17)21(25)15-7-5-6-8-16(15)22(20)26/h5-10,13-14,27-28H,11-12H2,1-4H3. The fourth-order valence-electron chi connectivity index (χ4n) is 3.51. The summed E-state index contributed by atoms with van der Waals surface area (Å²) in [5.41, 5.74) is 1.44. The van der Waals surface area contributed by atoms with Gasteiger partial charge in [-0.05, 0) is 24.0 Å². The molecule has 0 heterocycles. The number of nitrogens with zero attached hydrogens (tertiary/aromatic N) is 2. The Morgan fingerprint density at radius 3 is 1.39 bits per heavy atom. The Kier molecular flexibility index (Phi) is 5.54. The predicted molar refractivity (Wildman–Crippen MR) is 108 cm³/mol. The number of anilines is 2. The van der Waals surface area contributed by atoms with Gasteiger partial charge in [0, 0.05) is 24.2 Å². The lowest BCUT2D eigenvalue weighted by molar-refractivity contribution is 0.0977. The molecule has 2 aromatic rings. The molecular weight excluding hydrogens is 356 g/mol. The number of benzene rings is 2. The molecule has 28 heavy (non-hydrogen) atoms. The second kappa shape index (κ2) is 7.73. The number of fused-ring (bicyclic) bond motifs is 2. The van der Waals surface area contributed by atoms with E-state index in [1.807, 2.05) is 27.7 Å². The number of hydrogen-bond donors (Lipinski definition) is 2. The molecule has 0 radical (unpaired) electrons. The van der Waals surface area contributed by atoms with Gasteiger partial charge in [0.15, 0.2) is 11.6 Å². The van der Waals surface area contributed by atoms with Crippen LogP contribution in [-0.4, -0.2) is 35.1 Å². The van der Waals surface area contributed by atoms with Gasteiger partial charge in [0.1, 0.15) is 0 Å². The smallest absolute Gasteiger partial charge is 0.196 e. The highest BCUT2D eigenvalue weighted by Gasteiger charge is 2.36. The van der Waals surface area contributed by atoms with Crippen LogP contribution in [0.1, 0.15) is 59.5 Å². The van der Waals surface area contributed by atoms with E-state index in [1.54, 1.807) is 36.4 Å². The van der Waals surface area contributed by atoms with Gasteiger partial charge in [-0.3, -0.25) is 30.1 Å². The maximum atomic E-state index is 13.3. The zero-order valence-electron chi connectivity index (χ0n) is 16.6. The fourth-order valence-corrected chi connectivity index (χ4v) is 3.51. The monoisotopic (exact) mass is 382 g/mol. The summed E-state index contributed by atoms with van der Waals surface area (Å²) in [5.74, 6) is -0.361. The van der Waals surface area contributed by atoms with Gasteiger partial charge in [-0.2, -0.15) is 0 Å². The molecule has 0 bridgehead atoms. The van der Waals surface area contributed by atoms with E-state index in [4.69, 9.17) is 0 Å². The molecule has 6 nitrogen and oxygen atoms in total. The SMILES string of the molecule is CC(C)CN(O)c1ccc(N(O)CC(C)C)c2c1C(=O)c1ccccc1C2=O. The van der Waals surface area contributed by atoms with Gasteiger partial charge in [-0.1, -0.05) is 52.0 Å². The predicted octanol–water partition coefficient (Wildman–Crippen LogP) is 4.17. The summed E-state index contributed by atoms with van der Waals surface area (Å²) < 4.78 is 0. The summed E-state index contributed by atoms with van der Waals surface area (Å²) >= 11 is 0. The van der Waals surface area contributed by atoms with Crippen LogP contribution in [0.5, 0.6) is 0 Å². The molecule has 148 valence electrons. The van der Waals surface area contributed by atoms with Crippen LogP contribution >= 0.6 is 0 Å². The van der Waals surface area contributed by atoms with E-state index in [-0.39, 0.29) is 45.9 Å². The molecule has 0 atom stereocenters. The number of carbonyl (C=O) groups is 2. The minimum Gasteiger partial charge on any atom is -0.288 e. The van der Waals surface area contributed by atoms with Crippen LogP contribution < -0.4 is 10.1 Å². The van der Waals surface area contributed by atoms with Gasteiger partial charge >= 0.3 is 0 Å². The number of hydrogen-bond acceptors (Lipinski definition) is 6. The van der Waals surface area contributed by atoms with Gasteiger partial charge in [0.25, 0.3) is 0 Å². The lowest BCUT2D eigenvalue weighted by Gasteiger charge is -2.29. The molecule has 0 saturated carbocycles. The number of carbonyl (C=O) groups excluding carboxylic acids is 2. The Morgan fingerprint density at radius 1 is 0.714 bits per heavy atom. The van der Waals surface area contributed by atoms with Crippen molar-refractivity contribution >= 4 is 22.9 Å². The summed E-state index contributed by atoms with van der Waals surface area (Å²) in [6.07, 6.45) is 0. The van der Waals surface area contributed by atoms with Gasteiger partial charge in [0.2, 0.25) is 0 Å². The molecule has 0 fully saturated rings. The maximum absolute atomic E-state index is 13.3. The zero-order chi connectivity index (χ0) is 20.6. The minimum absolute atomic E-state index is 0.132. The number of rotatable bonds is 6. The molecule has 0 saturated heterocycles. The van der Waals surface area contributed by atoms with Crippen molar-refractivity contribution in [2.75, 3.05) is 23.2 Å². The van der Waals surface area contributed by atoms with Gasteiger partial charge in [-0.25, -0.2) is 0 Å². The van der Waals surface area contributed by atoms with Crippen molar-refractivity contribution in [3.8, 4) is 0 Å². The quantitative estimate of drug-likeness (QED) is 0.623. The molecule has 0 unspecified atom stereocenters. The third-order valence-electron chi connectivity index (χ3n) is 4.66. The third-order valence-corrected chi connectivity index (χ3v) is 4.66. The van der Waals surface area contributed by atoms with Crippen molar-refractivity contribution < 1.29 is 20.0 Å². The summed E-state index contributed by atoms with van der Waals surface area (Å²) in [6.45, 7) is 8.41. The number of hydroxylamine groups is 2. The van der Waals surface area contributed by atoms with E-state index in [0.717, 1.165) is 10.1 Å². The highest BCUT2D eigenvalue weighted by Crippen LogP contribution is 2.39. The van der Waals surface area contributed by atoms with E-state index in [1.165, 1.54) is 0 Å². The van der Waals surface area contributed by atoms with Crippen molar-refractivity contribution in [1.82, 2.24) is 0 Å². The molecule has 0 amide bonds. The Morgan fingerprint density at radius 2 is 1.07 bits per heavy atom. The van der Waals surface area contributed by atoms with Gasteiger partial charge < -0.3 is 0 Å². The Balaban J connectivity index is 2.24. The van der Waals surface area contributed by atoms with Crippen LogP contribution in [-0.2, 0) is 0 Å². The second-order valence-electron chi connectivity index (χ2n) is 8.01.